The lowest BCUT2D eigenvalue weighted by Gasteiger charge is -2.08. The number of nitrogens with zero attached hydrogens (tertiary/aromatic N) is 2. The highest BCUT2D eigenvalue weighted by molar-refractivity contribution is 14.1. The van der Waals surface area contributed by atoms with Gasteiger partial charge in [-0.15, -0.1) is 0 Å². The fraction of sp³-hybridized carbons (Fsp3) is 0.429. The van der Waals surface area contributed by atoms with E-state index >= 15 is 0 Å². The summed E-state index contributed by atoms with van der Waals surface area (Å²) >= 11 is 1.72. The number of halogens is 4. The number of hydrogen-bond donors (Lipinski definition) is 0. The molecule has 1 aromatic rings. The Morgan fingerprint density at radius 3 is 2.73 bits per heavy atom. The minimum absolute atomic E-state index is 0.185. The second-order valence-corrected chi connectivity index (χ2v) is 3.77. The maximum atomic E-state index is 12.1. The first-order chi connectivity index (χ1) is 6.85. The molecule has 0 saturated heterocycles. The summed E-state index contributed by atoms with van der Waals surface area (Å²) in [7, 11) is 1.10. The van der Waals surface area contributed by atoms with Crippen molar-refractivity contribution in [3.63, 3.8) is 0 Å². The Hall–Kier alpha value is -0.800. The number of hydrogen-bond acceptors (Lipinski definition) is 3. The highest BCUT2D eigenvalue weighted by Crippen LogP contribution is 2.20. The number of alkyl halides is 3. The van der Waals surface area contributed by atoms with Crippen LogP contribution < -0.4 is 0 Å². The number of ether oxygens (including phenoxy) is 1. The molecule has 0 atom stereocenters. The highest BCUT2D eigenvalue weighted by Gasteiger charge is 2.31. The molecule has 8 heteroatoms. The molecule has 0 aliphatic rings. The van der Waals surface area contributed by atoms with Gasteiger partial charge in [0.05, 0.1) is 16.9 Å². The van der Waals surface area contributed by atoms with Gasteiger partial charge in [-0.3, -0.25) is 0 Å². The van der Waals surface area contributed by atoms with Crippen LogP contribution in [0.4, 0.5) is 13.2 Å². The molecule has 0 fully saturated rings. The van der Waals surface area contributed by atoms with Crippen molar-refractivity contribution in [1.29, 1.82) is 0 Å². The Morgan fingerprint density at radius 2 is 2.27 bits per heavy atom. The molecule has 0 aliphatic heterocycles. The van der Waals surface area contributed by atoms with E-state index in [1.165, 1.54) is 6.20 Å². The average Bonchev–Trinajstić information content (AvgIpc) is 2.43. The summed E-state index contributed by atoms with van der Waals surface area (Å²) in [4.78, 5) is 11.1. The van der Waals surface area contributed by atoms with Gasteiger partial charge in [-0.2, -0.15) is 18.3 Å². The first-order valence-corrected chi connectivity index (χ1v) is 4.79. The van der Waals surface area contributed by atoms with E-state index in [1.807, 2.05) is 0 Å². The number of esters is 1. The minimum Gasteiger partial charge on any atom is -0.464 e. The van der Waals surface area contributed by atoms with Crippen LogP contribution in [0.3, 0.4) is 0 Å². The van der Waals surface area contributed by atoms with Gasteiger partial charge < -0.3 is 4.74 Å². The molecule has 0 aromatic carbocycles. The number of rotatable bonds is 2. The van der Waals surface area contributed by atoms with E-state index in [1.54, 1.807) is 22.6 Å². The maximum absolute atomic E-state index is 12.1. The summed E-state index contributed by atoms with van der Waals surface area (Å²) in [5.74, 6) is -0.832. The number of carbonyl (C=O) groups is 1. The Balaban J connectivity index is 3.04. The molecule has 0 radical (unpaired) electrons. The van der Waals surface area contributed by atoms with E-state index in [2.05, 4.69) is 9.84 Å². The highest BCUT2D eigenvalue weighted by atomic mass is 127. The largest absolute Gasteiger partial charge is 0.464 e. The van der Waals surface area contributed by atoms with E-state index < -0.39 is 18.7 Å². The van der Waals surface area contributed by atoms with Crippen LogP contribution in [0, 0.1) is 3.57 Å². The minimum atomic E-state index is -4.42. The van der Waals surface area contributed by atoms with Gasteiger partial charge in [-0.25, -0.2) is 9.48 Å². The summed E-state index contributed by atoms with van der Waals surface area (Å²) in [5.41, 5.74) is -0.185. The van der Waals surface area contributed by atoms with Gasteiger partial charge in [-0.1, -0.05) is 0 Å². The zero-order chi connectivity index (χ0) is 11.6. The fourth-order valence-corrected chi connectivity index (χ4v) is 1.58. The van der Waals surface area contributed by atoms with Crippen LogP contribution in [0.2, 0.25) is 0 Å². The lowest BCUT2D eigenvalue weighted by Crippen LogP contribution is -2.22. The molecule has 84 valence electrons. The zero-order valence-corrected chi connectivity index (χ0v) is 9.66. The molecular formula is C7H6F3IN2O2. The monoisotopic (exact) mass is 334 g/mol. The normalized spacial score (nSPS) is 11.5. The molecule has 15 heavy (non-hydrogen) atoms. The molecule has 0 bridgehead atoms. The van der Waals surface area contributed by atoms with Crippen molar-refractivity contribution in [2.75, 3.05) is 7.11 Å². The molecule has 0 unspecified atom stereocenters. The first kappa shape index (κ1) is 12.3. The van der Waals surface area contributed by atoms with Crippen molar-refractivity contribution >= 4 is 28.6 Å². The van der Waals surface area contributed by atoms with E-state index in [4.69, 9.17) is 0 Å². The zero-order valence-electron chi connectivity index (χ0n) is 7.51. The van der Waals surface area contributed by atoms with Crippen LogP contribution in [-0.4, -0.2) is 29.0 Å². The van der Waals surface area contributed by atoms with Crippen molar-refractivity contribution in [3.05, 3.63) is 15.5 Å². The van der Waals surface area contributed by atoms with E-state index in [0.717, 1.165) is 7.11 Å². The van der Waals surface area contributed by atoms with E-state index in [0.29, 0.717) is 8.25 Å². The van der Waals surface area contributed by atoms with E-state index in [9.17, 15) is 18.0 Å². The number of carbonyl (C=O) groups excluding carboxylic acids is 1. The lowest BCUT2D eigenvalue weighted by molar-refractivity contribution is -0.142. The molecular weight excluding hydrogens is 328 g/mol. The van der Waals surface area contributed by atoms with Crippen molar-refractivity contribution < 1.29 is 22.7 Å². The van der Waals surface area contributed by atoms with Gasteiger partial charge in [0.1, 0.15) is 6.54 Å². The van der Waals surface area contributed by atoms with Gasteiger partial charge >= 0.3 is 12.1 Å². The van der Waals surface area contributed by atoms with E-state index in [-0.39, 0.29) is 5.69 Å². The van der Waals surface area contributed by atoms with Gasteiger partial charge in [0.15, 0.2) is 5.69 Å². The topological polar surface area (TPSA) is 44.1 Å². The number of aromatic nitrogens is 2. The van der Waals surface area contributed by atoms with Gasteiger partial charge in [0.25, 0.3) is 0 Å². The molecule has 4 nitrogen and oxygen atoms in total. The summed E-state index contributed by atoms with van der Waals surface area (Å²) < 4.78 is 41.5. The smallest absolute Gasteiger partial charge is 0.408 e. The Bertz CT molecular complexity index is 375. The van der Waals surface area contributed by atoms with Crippen LogP contribution in [0.1, 0.15) is 10.5 Å². The van der Waals surface area contributed by atoms with Gasteiger partial charge in [-0.05, 0) is 22.6 Å². The molecule has 0 aliphatic carbocycles. The maximum Gasteiger partial charge on any atom is 0.408 e. The lowest BCUT2D eigenvalue weighted by atomic mass is 10.4. The molecule has 1 heterocycles. The Morgan fingerprint density at radius 1 is 1.67 bits per heavy atom. The Kier molecular flexibility index (Phi) is 3.58. The predicted octanol–water partition coefficient (Wildman–Crippen LogP) is 1.84. The summed E-state index contributed by atoms with van der Waals surface area (Å²) in [6, 6.07) is 0. The second-order valence-electron chi connectivity index (χ2n) is 2.61. The van der Waals surface area contributed by atoms with Crippen molar-refractivity contribution in [1.82, 2.24) is 9.78 Å². The predicted molar refractivity (Wildman–Crippen MR) is 52.3 cm³/mol. The van der Waals surface area contributed by atoms with Gasteiger partial charge in [0, 0.05) is 0 Å². The molecule has 0 N–H and O–H groups in total. The molecule has 0 spiro atoms. The summed E-state index contributed by atoms with van der Waals surface area (Å²) in [5, 5.41) is 3.46. The second kappa shape index (κ2) is 4.37. The van der Waals surface area contributed by atoms with Crippen LogP contribution in [0.15, 0.2) is 6.20 Å². The standard InChI is InChI=1S/C7H6F3IN2O2/c1-15-6(14)5-4(11)2-12-13(5)3-7(8,9)10/h2H,3H2,1H3. The summed E-state index contributed by atoms with van der Waals surface area (Å²) in [6.45, 7) is -1.31. The average molecular weight is 334 g/mol. The van der Waals surface area contributed by atoms with Crippen LogP contribution in [-0.2, 0) is 11.3 Å². The van der Waals surface area contributed by atoms with Crippen molar-refractivity contribution in [2.24, 2.45) is 0 Å². The molecule has 1 rings (SSSR count). The third-order valence-corrected chi connectivity index (χ3v) is 2.29. The third kappa shape index (κ3) is 3.08. The van der Waals surface area contributed by atoms with Crippen LogP contribution in [0.25, 0.3) is 0 Å². The number of methoxy groups -OCH3 is 1. The van der Waals surface area contributed by atoms with Gasteiger partial charge in [0.2, 0.25) is 0 Å². The molecule has 1 aromatic heterocycles. The van der Waals surface area contributed by atoms with Crippen molar-refractivity contribution in [3.8, 4) is 0 Å². The molecule has 0 saturated carbocycles. The van der Waals surface area contributed by atoms with Crippen molar-refractivity contribution in [2.45, 2.75) is 12.7 Å². The van der Waals surface area contributed by atoms with Crippen LogP contribution in [0.5, 0.6) is 0 Å². The Labute approximate surface area is 96.5 Å². The quantitative estimate of drug-likeness (QED) is 0.612. The first-order valence-electron chi connectivity index (χ1n) is 3.71. The SMILES string of the molecule is COC(=O)c1c(I)cnn1CC(F)(F)F. The fourth-order valence-electron chi connectivity index (χ4n) is 0.952. The summed E-state index contributed by atoms with van der Waals surface area (Å²) in [6.07, 6.45) is -3.24. The molecule has 0 amide bonds. The third-order valence-electron chi connectivity index (χ3n) is 1.50. The van der Waals surface area contributed by atoms with Crippen LogP contribution >= 0.6 is 22.6 Å².